The first-order valence-electron chi connectivity index (χ1n) is 3.71. The predicted octanol–water partition coefficient (Wildman–Crippen LogP) is 1.21. The van der Waals surface area contributed by atoms with E-state index in [1.807, 2.05) is 30.3 Å². The fourth-order valence-electron chi connectivity index (χ4n) is 0.980. The van der Waals surface area contributed by atoms with E-state index in [2.05, 4.69) is 4.84 Å². The van der Waals surface area contributed by atoms with Crippen LogP contribution in [0.3, 0.4) is 0 Å². The van der Waals surface area contributed by atoms with Crippen molar-refractivity contribution in [3.8, 4) is 0 Å². The van der Waals surface area contributed by atoms with Crippen molar-refractivity contribution in [1.29, 1.82) is 0 Å². The highest BCUT2D eigenvalue weighted by Gasteiger charge is 2.14. The average molecular weight is 165 g/mol. The topological polar surface area (TPSA) is 52.3 Å². The summed E-state index contributed by atoms with van der Waals surface area (Å²) in [6.45, 7) is 1.75. The number of carbonyl (C=O) groups excluding carboxylic acids is 1. The molecule has 3 heteroatoms. The molecule has 64 valence electrons. The van der Waals surface area contributed by atoms with Gasteiger partial charge in [-0.3, -0.25) is 0 Å². The fourth-order valence-corrected chi connectivity index (χ4v) is 0.980. The van der Waals surface area contributed by atoms with Crippen LogP contribution >= 0.6 is 0 Å². The summed E-state index contributed by atoms with van der Waals surface area (Å²) < 4.78 is 0. The van der Waals surface area contributed by atoms with E-state index >= 15 is 0 Å². The summed E-state index contributed by atoms with van der Waals surface area (Å²) in [5.74, 6) is 4.05. The summed E-state index contributed by atoms with van der Waals surface area (Å²) in [5.41, 5.74) is 0.910. The van der Waals surface area contributed by atoms with E-state index < -0.39 is 5.97 Å². The molecule has 0 aliphatic carbocycles. The van der Waals surface area contributed by atoms with Gasteiger partial charge in [0, 0.05) is 0 Å². The van der Waals surface area contributed by atoms with Gasteiger partial charge in [-0.2, -0.15) is 5.90 Å². The maximum atomic E-state index is 11.0. The number of rotatable bonds is 2. The molecule has 0 spiro atoms. The standard InChI is InChI=1S/C9H11NO2/c1-7(9(11)12-10)8-5-3-2-4-6-8/h2-7H,10H2,1H3/t7-/m0/s1. The largest absolute Gasteiger partial charge is 0.373 e. The van der Waals surface area contributed by atoms with Gasteiger partial charge in [-0.1, -0.05) is 30.3 Å². The van der Waals surface area contributed by atoms with Gasteiger partial charge >= 0.3 is 5.97 Å². The van der Waals surface area contributed by atoms with Crippen LogP contribution in [0.25, 0.3) is 0 Å². The monoisotopic (exact) mass is 165 g/mol. The first-order valence-corrected chi connectivity index (χ1v) is 3.71. The zero-order valence-electron chi connectivity index (χ0n) is 6.86. The van der Waals surface area contributed by atoms with Gasteiger partial charge in [0.05, 0.1) is 5.92 Å². The zero-order chi connectivity index (χ0) is 8.97. The Balaban J connectivity index is 2.78. The Morgan fingerprint density at radius 2 is 2.00 bits per heavy atom. The van der Waals surface area contributed by atoms with Crippen LogP contribution in [-0.4, -0.2) is 5.97 Å². The minimum absolute atomic E-state index is 0.295. The van der Waals surface area contributed by atoms with Crippen LogP contribution in [0.1, 0.15) is 18.4 Å². The van der Waals surface area contributed by atoms with Crippen LogP contribution in [-0.2, 0) is 9.63 Å². The molecule has 3 nitrogen and oxygen atoms in total. The van der Waals surface area contributed by atoms with Gasteiger partial charge in [0.25, 0.3) is 0 Å². The number of benzene rings is 1. The lowest BCUT2D eigenvalue weighted by molar-refractivity contribution is -0.145. The van der Waals surface area contributed by atoms with Crippen LogP contribution in [0.5, 0.6) is 0 Å². The molecule has 0 radical (unpaired) electrons. The highest BCUT2D eigenvalue weighted by Crippen LogP contribution is 2.14. The third-order valence-corrected chi connectivity index (χ3v) is 1.77. The molecule has 0 aliphatic heterocycles. The third kappa shape index (κ3) is 1.83. The quantitative estimate of drug-likeness (QED) is 0.670. The third-order valence-electron chi connectivity index (χ3n) is 1.77. The maximum Gasteiger partial charge on any atom is 0.331 e. The smallest absolute Gasteiger partial charge is 0.331 e. The first-order chi connectivity index (χ1) is 5.75. The maximum absolute atomic E-state index is 11.0. The van der Waals surface area contributed by atoms with Crippen molar-refractivity contribution in [2.45, 2.75) is 12.8 Å². The molecule has 2 N–H and O–H groups in total. The Morgan fingerprint density at radius 3 is 2.50 bits per heavy atom. The van der Waals surface area contributed by atoms with Gasteiger partial charge in [0.15, 0.2) is 0 Å². The molecule has 0 aliphatic rings. The van der Waals surface area contributed by atoms with E-state index in [-0.39, 0.29) is 5.92 Å². The molecule has 1 rings (SSSR count). The van der Waals surface area contributed by atoms with Crippen LogP contribution < -0.4 is 5.90 Å². The minimum atomic E-state index is -0.416. The van der Waals surface area contributed by atoms with Crippen LogP contribution in [0, 0.1) is 0 Å². The zero-order valence-corrected chi connectivity index (χ0v) is 6.86. The molecule has 0 saturated heterocycles. The molecular weight excluding hydrogens is 154 g/mol. The second kappa shape index (κ2) is 3.88. The van der Waals surface area contributed by atoms with Crippen LogP contribution in [0.15, 0.2) is 30.3 Å². The van der Waals surface area contributed by atoms with E-state index in [0.717, 1.165) is 5.56 Å². The Kier molecular flexibility index (Phi) is 2.82. The highest BCUT2D eigenvalue weighted by atomic mass is 16.7. The summed E-state index contributed by atoms with van der Waals surface area (Å²) in [4.78, 5) is 15.1. The summed E-state index contributed by atoms with van der Waals surface area (Å²) >= 11 is 0. The number of nitrogens with two attached hydrogens (primary N) is 1. The van der Waals surface area contributed by atoms with Crippen molar-refractivity contribution < 1.29 is 9.63 Å². The molecule has 12 heavy (non-hydrogen) atoms. The molecule has 0 heterocycles. The average Bonchev–Trinajstić information content (AvgIpc) is 2.17. The molecule has 1 aromatic rings. The Labute approximate surface area is 71.1 Å². The van der Waals surface area contributed by atoms with E-state index in [1.165, 1.54) is 0 Å². The van der Waals surface area contributed by atoms with Gasteiger partial charge < -0.3 is 4.84 Å². The molecule has 0 unspecified atom stereocenters. The van der Waals surface area contributed by atoms with Crippen LogP contribution in [0.4, 0.5) is 0 Å². The van der Waals surface area contributed by atoms with Crippen molar-refractivity contribution in [3.63, 3.8) is 0 Å². The number of hydrogen-bond donors (Lipinski definition) is 1. The highest BCUT2D eigenvalue weighted by molar-refractivity contribution is 5.77. The molecule has 1 atom stereocenters. The summed E-state index contributed by atoms with van der Waals surface area (Å²) in [6.07, 6.45) is 0. The van der Waals surface area contributed by atoms with E-state index in [1.54, 1.807) is 6.92 Å². The molecule has 0 saturated carbocycles. The second-order valence-electron chi connectivity index (χ2n) is 2.57. The van der Waals surface area contributed by atoms with Crippen molar-refractivity contribution in [2.75, 3.05) is 0 Å². The van der Waals surface area contributed by atoms with Crippen molar-refractivity contribution in [3.05, 3.63) is 35.9 Å². The normalized spacial score (nSPS) is 12.2. The molecule has 0 fully saturated rings. The van der Waals surface area contributed by atoms with Gasteiger partial charge in [0.1, 0.15) is 0 Å². The number of carbonyl (C=O) groups is 1. The lowest BCUT2D eigenvalue weighted by Crippen LogP contribution is -2.16. The summed E-state index contributed by atoms with van der Waals surface area (Å²) in [6, 6.07) is 9.36. The van der Waals surface area contributed by atoms with E-state index in [0.29, 0.717) is 0 Å². The first kappa shape index (κ1) is 8.74. The van der Waals surface area contributed by atoms with Gasteiger partial charge in [0.2, 0.25) is 0 Å². The molecular formula is C9H11NO2. The minimum Gasteiger partial charge on any atom is -0.373 e. The predicted molar refractivity (Wildman–Crippen MR) is 45.1 cm³/mol. The van der Waals surface area contributed by atoms with Gasteiger partial charge in [-0.25, -0.2) is 4.79 Å². The van der Waals surface area contributed by atoms with Gasteiger partial charge in [-0.05, 0) is 12.5 Å². The molecule has 0 bridgehead atoms. The SMILES string of the molecule is C[C@H](C(=O)ON)c1ccccc1. The number of hydrogen-bond acceptors (Lipinski definition) is 3. The van der Waals surface area contributed by atoms with Crippen LogP contribution in [0.2, 0.25) is 0 Å². The lowest BCUT2D eigenvalue weighted by atomic mass is 10.0. The molecule has 1 aromatic carbocycles. The summed E-state index contributed by atoms with van der Waals surface area (Å²) in [5, 5.41) is 0. The van der Waals surface area contributed by atoms with E-state index in [9.17, 15) is 4.79 Å². The Morgan fingerprint density at radius 1 is 1.42 bits per heavy atom. The van der Waals surface area contributed by atoms with Crippen molar-refractivity contribution in [2.24, 2.45) is 5.90 Å². The molecule has 0 aromatic heterocycles. The second-order valence-corrected chi connectivity index (χ2v) is 2.57. The Bertz CT molecular complexity index is 258. The summed E-state index contributed by atoms with van der Waals surface area (Å²) in [7, 11) is 0. The van der Waals surface area contributed by atoms with Gasteiger partial charge in [-0.15, -0.1) is 0 Å². The van der Waals surface area contributed by atoms with Crippen molar-refractivity contribution in [1.82, 2.24) is 0 Å². The lowest BCUT2D eigenvalue weighted by Gasteiger charge is -2.07. The van der Waals surface area contributed by atoms with E-state index in [4.69, 9.17) is 5.90 Å². The van der Waals surface area contributed by atoms with Crippen molar-refractivity contribution >= 4 is 5.97 Å². The fraction of sp³-hybridized carbons (Fsp3) is 0.222. The Hall–Kier alpha value is -1.35. The molecule has 0 amide bonds.